The van der Waals surface area contributed by atoms with Crippen LogP contribution in [0.4, 0.5) is 13.2 Å². The van der Waals surface area contributed by atoms with Crippen molar-refractivity contribution >= 4 is 9.84 Å². The van der Waals surface area contributed by atoms with E-state index >= 15 is 0 Å². The average Bonchev–Trinajstić information content (AvgIpc) is 2.54. The first-order valence-electron chi connectivity index (χ1n) is 7.80. The lowest BCUT2D eigenvalue weighted by Crippen LogP contribution is -2.22. The fourth-order valence-electron chi connectivity index (χ4n) is 2.47. The Morgan fingerprint density at radius 1 is 1.04 bits per heavy atom. The molecule has 0 aliphatic heterocycles. The molecule has 0 fully saturated rings. The van der Waals surface area contributed by atoms with Crippen molar-refractivity contribution in [2.75, 3.05) is 13.3 Å². The Labute approximate surface area is 151 Å². The molecule has 0 radical (unpaired) electrons. The van der Waals surface area contributed by atoms with E-state index in [0.717, 1.165) is 17.4 Å². The molecule has 4 nitrogen and oxygen atoms in total. The van der Waals surface area contributed by atoms with Gasteiger partial charge in [-0.05, 0) is 49.4 Å². The Hall–Kier alpha value is -2.06. The molecule has 0 saturated heterocycles. The van der Waals surface area contributed by atoms with Crippen molar-refractivity contribution in [2.45, 2.75) is 30.8 Å². The summed E-state index contributed by atoms with van der Waals surface area (Å²) in [4.78, 5) is 2.27. The highest BCUT2D eigenvalue weighted by Gasteiger charge is 2.30. The predicted octanol–water partition coefficient (Wildman–Crippen LogP) is 4.18. The van der Waals surface area contributed by atoms with Crippen LogP contribution in [-0.2, 0) is 16.4 Å². The van der Waals surface area contributed by atoms with Crippen molar-refractivity contribution in [1.82, 2.24) is 4.90 Å². The first kappa shape index (κ1) is 20.3. The number of alkyl halides is 3. The van der Waals surface area contributed by atoms with Gasteiger partial charge in [-0.1, -0.05) is 24.3 Å². The predicted molar refractivity (Wildman–Crippen MR) is 92.6 cm³/mol. The molecule has 0 aliphatic carbocycles. The Balaban J connectivity index is 2.03. The van der Waals surface area contributed by atoms with Crippen LogP contribution in [0.25, 0.3) is 0 Å². The van der Waals surface area contributed by atoms with Crippen molar-refractivity contribution in [2.24, 2.45) is 0 Å². The van der Waals surface area contributed by atoms with E-state index in [-0.39, 0.29) is 16.7 Å². The molecule has 0 bridgehead atoms. The molecule has 0 saturated carbocycles. The van der Waals surface area contributed by atoms with Crippen molar-refractivity contribution in [3.63, 3.8) is 0 Å². The lowest BCUT2D eigenvalue weighted by atomic mass is 10.1. The van der Waals surface area contributed by atoms with Crippen LogP contribution in [0.2, 0.25) is 0 Å². The summed E-state index contributed by atoms with van der Waals surface area (Å²) in [5.41, 5.74) is 1.78. The fraction of sp³-hybridized carbons (Fsp3) is 0.333. The second-order valence-corrected chi connectivity index (χ2v) is 8.14. The zero-order valence-corrected chi connectivity index (χ0v) is 15.4. The largest absolute Gasteiger partial charge is 0.573 e. The molecule has 0 aliphatic rings. The molecule has 2 aromatic rings. The molecule has 0 amide bonds. The van der Waals surface area contributed by atoms with Crippen LogP contribution < -0.4 is 4.74 Å². The van der Waals surface area contributed by atoms with Crippen LogP contribution in [0.3, 0.4) is 0 Å². The highest BCUT2D eigenvalue weighted by molar-refractivity contribution is 7.90. The summed E-state index contributed by atoms with van der Waals surface area (Å²) in [5.74, 6) is -0.256. The molecule has 1 atom stereocenters. The quantitative estimate of drug-likeness (QED) is 0.746. The van der Waals surface area contributed by atoms with Gasteiger partial charge in [0.1, 0.15) is 5.75 Å². The van der Waals surface area contributed by atoms with Gasteiger partial charge >= 0.3 is 6.36 Å². The number of halogens is 3. The topological polar surface area (TPSA) is 46.6 Å². The third-order valence-corrected chi connectivity index (χ3v) is 5.17. The second-order valence-electron chi connectivity index (χ2n) is 6.12. The van der Waals surface area contributed by atoms with E-state index in [1.165, 1.54) is 12.1 Å². The van der Waals surface area contributed by atoms with Crippen LogP contribution in [0, 0.1) is 0 Å². The van der Waals surface area contributed by atoms with Gasteiger partial charge in [0.2, 0.25) is 0 Å². The van der Waals surface area contributed by atoms with Crippen molar-refractivity contribution < 1.29 is 26.3 Å². The Morgan fingerprint density at radius 2 is 1.58 bits per heavy atom. The van der Waals surface area contributed by atoms with Crippen molar-refractivity contribution in [3.8, 4) is 5.75 Å². The van der Waals surface area contributed by atoms with E-state index in [2.05, 4.69) is 4.74 Å². The highest BCUT2D eigenvalue weighted by Crippen LogP contribution is 2.25. The normalized spacial score (nSPS) is 13.7. The summed E-state index contributed by atoms with van der Waals surface area (Å²) in [6.45, 7) is 2.48. The number of nitrogens with zero attached hydrogens (tertiary/aromatic N) is 1. The van der Waals surface area contributed by atoms with Gasteiger partial charge in [0.05, 0.1) is 4.90 Å². The standard InChI is InChI=1S/C18H20F3NO3S/c1-13(15-6-10-17(11-7-15)26(3,23)24)22(2)12-14-4-8-16(9-5-14)25-18(19,20)21/h4-11,13H,12H2,1-3H3/t13-/m0/s1. The number of hydrogen-bond acceptors (Lipinski definition) is 4. The minimum Gasteiger partial charge on any atom is -0.406 e. The molecule has 0 N–H and O–H groups in total. The van der Waals surface area contributed by atoms with E-state index in [1.54, 1.807) is 36.4 Å². The Bertz CT molecular complexity index is 831. The lowest BCUT2D eigenvalue weighted by Gasteiger charge is -2.25. The minimum atomic E-state index is -4.70. The first-order chi connectivity index (χ1) is 12.0. The third-order valence-electron chi connectivity index (χ3n) is 4.04. The van der Waals surface area contributed by atoms with Gasteiger partial charge in [-0.25, -0.2) is 8.42 Å². The van der Waals surface area contributed by atoms with Crippen molar-refractivity contribution in [3.05, 3.63) is 59.7 Å². The van der Waals surface area contributed by atoms with Gasteiger partial charge in [-0.2, -0.15) is 0 Å². The first-order valence-corrected chi connectivity index (χ1v) is 9.70. The minimum absolute atomic E-state index is 0.00490. The van der Waals surface area contributed by atoms with E-state index in [0.29, 0.717) is 6.54 Å². The van der Waals surface area contributed by atoms with Gasteiger partial charge in [0.25, 0.3) is 0 Å². The summed E-state index contributed by atoms with van der Waals surface area (Å²) in [6.07, 6.45) is -3.55. The second kappa shape index (κ2) is 7.67. The molecule has 26 heavy (non-hydrogen) atoms. The average molecular weight is 387 g/mol. The smallest absolute Gasteiger partial charge is 0.406 e. The SMILES string of the molecule is C[C@@H](c1ccc(S(C)(=O)=O)cc1)N(C)Cc1ccc(OC(F)(F)F)cc1. The summed E-state index contributed by atoms with van der Waals surface area (Å²) in [7, 11) is -1.35. The van der Waals surface area contributed by atoms with Gasteiger partial charge in [0, 0.05) is 18.8 Å². The summed E-state index contributed by atoms with van der Waals surface area (Å²) in [5, 5.41) is 0. The van der Waals surface area contributed by atoms with Gasteiger partial charge in [-0.15, -0.1) is 13.2 Å². The van der Waals surface area contributed by atoms with Gasteiger partial charge in [0.15, 0.2) is 9.84 Å². The number of hydrogen-bond donors (Lipinski definition) is 0. The van der Waals surface area contributed by atoms with Gasteiger partial charge < -0.3 is 4.74 Å². The molecule has 0 spiro atoms. The molecule has 0 aromatic heterocycles. The van der Waals surface area contributed by atoms with Crippen LogP contribution in [0.5, 0.6) is 5.75 Å². The monoisotopic (exact) mass is 387 g/mol. The molecule has 8 heteroatoms. The maximum Gasteiger partial charge on any atom is 0.573 e. The molecule has 2 aromatic carbocycles. The summed E-state index contributed by atoms with van der Waals surface area (Å²) in [6, 6.07) is 12.4. The molecular weight excluding hydrogens is 367 g/mol. The van der Waals surface area contributed by atoms with E-state index in [4.69, 9.17) is 0 Å². The zero-order valence-electron chi connectivity index (χ0n) is 14.6. The third kappa shape index (κ3) is 5.74. The van der Waals surface area contributed by atoms with Crippen LogP contribution in [0.1, 0.15) is 24.1 Å². The summed E-state index contributed by atoms with van der Waals surface area (Å²) < 4.78 is 63.4. The van der Waals surface area contributed by atoms with Crippen LogP contribution >= 0.6 is 0 Å². The molecule has 0 heterocycles. The maximum absolute atomic E-state index is 12.2. The Morgan fingerprint density at radius 3 is 2.04 bits per heavy atom. The number of benzene rings is 2. The van der Waals surface area contributed by atoms with Crippen LogP contribution in [0.15, 0.2) is 53.4 Å². The van der Waals surface area contributed by atoms with Crippen molar-refractivity contribution in [1.29, 1.82) is 0 Å². The lowest BCUT2D eigenvalue weighted by molar-refractivity contribution is -0.274. The highest BCUT2D eigenvalue weighted by atomic mass is 32.2. The van der Waals surface area contributed by atoms with E-state index < -0.39 is 16.2 Å². The molecule has 0 unspecified atom stereocenters. The molecule has 2 rings (SSSR count). The zero-order chi connectivity index (χ0) is 19.5. The number of ether oxygens (including phenoxy) is 1. The maximum atomic E-state index is 12.2. The van der Waals surface area contributed by atoms with Gasteiger partial charge in [-0.3, -0.25) is 4.90 Å². The Kier molecular flexibility index (Phi) is 5.98. The number of rotatable bonds is 6. The van der Waals surface area contributed by atoms with E-state index in [1.807, 2.05) is 18.9 Å². The summed E-state index contributed by atoms with van der Waals surface area (Å²) >= 11 is 0. The fourth-order valence-corrected chi connectivity index (χ4v) is 3.10. The molecule has 142 valence electrons. The van der Waals surface area contributed by atoms with Crippen LogP contribution in [-0.4, -0.2) is 33.0 Å². The number of sulfone groups is 1. The van der Waals surface area contributed by atoms with E-state index in [9.17, 15) is 21.6 Å². The molecular formula is C18H20F3NO3S.